The summed E-state index contributed by atoms with van der Waals surface area (Å²) in [6.07, 6.45) is 0. The van der Waals surface area contributed by atoms with E-state index < -0.39 is 0 Å². The molecule has 0 saturated carbocycles. The molecule has 4 heteroatoms. The molecule has 0 aliphatic heterocycles. The van der Waals surface area contributed by atoms with Crippen LogP contribution in [-0.4, -0.2) is 17.4 Å². The highest BCUT2D eigenvalue weighted by Crippen LogP contribution is 2.30. The molecule has 0 aliphatic rings. The SMILES string of the molecule is Cc1ccc(C(=O)CN)c(O)c1Br. The zero-order valence-electron chi connectivity index (χ0n) is 7.17. The van der Waals surface area contributed by atoms with Gasteiger partial charge in [-0.05, 0) is 34.5 Å². The fourth-order valence-electron chi connectivity index (χ4n) is 1.00. The van der Waals surface area contributed by atoms with Crippen LogP contribution in [0.3, 0.4) is 0 Å². The smallest absolute Gasteiger partial charge is 0.180 e. The van der Waals surface area contributed by atoms with E-state index in [0.717, 1.165) is 5.56 Å². The van der Waals surface area contributed by atoms with Gasteiger partial charge in [-0.1, -0.05) is 6.07 Å². The summed E-state index contributed by atoms with van der Waals surface area (Å²) in [4.78, 5) is 11.2. The van der Waals surface area contributed by atoms with E-state index in [-0.39, 0.29) is 23.6 Å². The fraction of sp³-hybridized carbons (Fsp3) is 0.222. The molecule has 3 N–H and O–H groups in total. The lowest BCUT2D eigenvalue weighted by Gasteiger charge is -2.05. The molecule has 0 aromatic heterocycles. The molecule has 0 saturated heterocycles. The largest absolute Gasteiger partial charge is 0.506 e. The zero-order chi connectivity index (χ0) is 10.0. The molecule has 0 unspecified atom stereocenters. The summed E-state index contributed by atoms with van der Waals surface area (Å²) in [5.74, 6) is -0.298. The molecule has 0 spiro atoms. The number of halogens is 1. The number of Topliss-reactive ketones (excluding diaryl/α,β-unsaturated/α-hetero) is 1. The van der Waals surface area contributed by atoms with Crippen molar-refractivity contribution in [2.75, 3.05) is 6.54 Å². The molecule has 3 nitrogen and oxygen atoms in total. The topological polar surface area (TPSA) is 63.3 Å². The fourth-order valence-corrected chi connectivity index (χ4v) is 1.35. The second kappa shape index (κ2) is 3.89. The normalized spacial score (nSPS) is 10.1. The number of nitrogens with two attached hydrogens (primary N) is 1. The summed E-state index contributed by atoms with van der Waals surface area (Å²) in [7, 11) is 0. The van der Waals surface area contributed by atoms with Crippen LogP contribution in [0, 0.1) is 6.92 Å². The predicted molar refractivity (Wildman–Crippen MR) is 53.9 cm³/mol. The average Bonchev–Trinajstić information content (AvgIpc) is 2.13. The Balaban J connectivity index is 3.26. The first-order chi connectivity index (χ1) is 6.07. The van der Waals surface area contributed by atoms with Gasteiger partial charge in [-0.2, -0.15) is 0 Å². The van der Waals surface area contributed by atoms with E-state index in [1.54, 1.807) is 12.1 Å². The van der Waals surface area contributed by atoms with Crippen LogP contribution in [0.4, 0.5) is 0 Å². The second-order valence-electron chi connectivity index (χ2n) is 2.72. The summed E-state index contributed by atoms with van der Waals surface area (Å²) in [6.45, 7) is 1.74. The van der Waals surface area contributed by atoms with Crippen molar-refractivity contribution in [2.45, 2.75) is 6.92 Å². The number of phenols is 1. The monoisotopic (exact) mass is 243 g/mol. The molecule has 0 amide bonds. The van der Waals surface area contributed by atoms with Crippen LogP contribution in [0.2, 0.25) is 0 Å². The van der Waals surface area contributed by atoms with Crippen molar-refractivity contribution < 1.29 is 9.90 Å². The van der Waals surface area contributed by atoms with E-state index in [1.807, 2.05) is 6.92 Å². The van der Waals surface area contributed by atoms with Gasteiger partial charge in [0.15, 0.2) is 5.78 Å². The van der Waals surface area contributed by atoms with Crippen molar-refractivity contribution in [3.63, 3.8) is 0 Å². The Bertz CT molecular complexity index is 350. The van der Waals surface area contributed by atoms with E-state index in [2.05, 4.69) is 15.9 Å². The van der Waals surface area contributed by atoms with E-state index in [1.165, 1.54) is 0 Å². The van der Waals surface area contributed by atoms with Gasteiger partial charge in [0.25, 0.3) is 0 Å². The number of ketones is 1. The maximum atomic E-state index is 11.2. The first kappa shape index (κ1) is 10.2. The van der Waals surface area contributed by atoms with Gasteiger partial charge in [0, 0.05) is 0 Å². The molecule has 0 fully saturated rings. The maximum Gasteiger partial charge on any atom is 0.180 e. The number of benzene rings is 1. The standard InChI is InChI=1S/C9H10BrNO2/c1-5-2-3-6(7(12)4-11)9(13)8(5)10/h2-3,13H,4,11H2,1H3. The number of aryl methyl sites for hydroxylation is 1. The van der Waals surface area contributed by atoms with Gasteiger partial charge in [-0.3, -0.25) is 4.79 Å². The summed E-state index contributed by atoms with van der Waals surface area (Å²) < 4.78 is 0.548. The van der Waals surface area contributed by atoms with Gasteiger partial charge < -0.3 is 10.8 Å². The number of rotatable bonds is 2. The van der Waals surface area contributed by atoms with Crippen LogP contribution in [0.15, 0.2) is 16.6 Å². The lowest BCUT2D eigenvalue weighted by molar-refractivity contribution is 0.0998. The molecule has 1 aromatic rings. The van der Waals surface area contributed by atoms with Crippen molar-refractivity contribution in [1.29, 1.82) is 0 Å². The third-order valence-corrected chi connectivity index (χ3v) is 2.80. The van der Waals surface area contributed by atoms with E-state index >= 15 is 0 Å². The summed E-state index contributed by atoms with van der Waals surface area (Å²) in [6, 6.07) is 3.33. The third-order valence-electron chi connectivity index (χ3n) is 1.80. The minimum absolute atomic E-state index is 0.0320. The quantitative estimate of drug-likeness (QED) is 0.776. The van der Waals surface area contributed by atoms with Crippen molar-refractivity contribution in [3.8, 4) is 5.75 Å². The van der Waals surface area contributed by atoms with Crippen molar-refractivity contribution >= 4 is 21.7 Å². The van der Waals surface area contributed by atoms with Crippen LogP contribution in [0.25, 0.3) is 0 Å². The highest BCUT2D eigenvalue weighted by molar-refractivity contribution is 9.10. The molecule has 0 heterocycles. The van der Waals surface area contributed by atoms with Gasteiger partial charge in [0.05, 0.1) is 16.6 Å². The van der Waals surface area contributed by atoms with Gasteiger partial charge in [0.2, 0.25) is 0 Å². The van der Waals surface area contributed by atoms with Gasteiger partial charge in [-0.15, -0.1) is 0 Å². The van der Waals surface area contributed by atoms with Crippen LogP contribution < -0.4 is 5.73 Å². The van der Waals surface area contributed by atoms with Crippen molar-refractivity contribution in [1.82, 2.24) is 0 Å². The van der Waals surface area contributed by atoms with E-state index in [0.29, 0.717) is 4.47 Å². The molecule has 70 valence electrons. The number of aromatic hydroxyl groups is 1. The molecule has 1 aromatic carbocycles. The van der Waals surface area contributed by atoms with Crippen LogP contribution in [-0.2, 0) is 0 Å². The zero-order valence-corrected chi connectivity index (χ0v) is 8.76. The number of carbonyl (C=O) groups is 1. The first-order valence-electron chi connectivity index (χ1n) is 3.79. The molecule has 0 aliphatic carbocycles. The molecule has 0 atom stereocenters. The van der Waals surface area contributed by atoms with Crippen LogP contribution in [0.5, 0.6) is 5.75 Å². The predicted octanol–water partition coefficient (Wildman–Crippen LogP) is 1.60. The number of carbonyl (C=O) groups excluding carboxylic acids is 1. The third kappa shape index (κ3) is 1.89. The van der Waals surface area contributed by atoms with Crippen molar-refractivity contribution in [3.05, 3.63) is 27.7 Å². The van der Waals surface area contributed by atoms with E-state index in [9.17, 15) is 9.90 Å². The Morgan fingerprint density at radius 1 is 1.62 bits per heavy atom. The summed E-state index contributed by atoms with van der Waals surface area (Å²) >= 11 is 3.18. The molecule has 1 rings (SSSR count). The second-order valence-corrected chi connectivity index (χ2v) is 3.51. The van der Waals surface area contributed by atoms with E-state index in [4.69, 9.17) is 5.73 Å². The Labute approximate surface area is 84.7 Å². The molecule has 0 bridgehead atoms. The minimum atomic E-state index is -0.266. The number of phenolic OH excluding ortho intramolecular Hbond substituents is 1. The van der Waals surface area contributed by atoms with Gasteiger partial charge >= 0.3 is 0 Å². The lowest BCUT2D eigenvalue weighted by Crippen LogP contribution is -2.13. The first-order valence-corrected chi connectivity index (χ1v) is 4.58. The molecular formula is C9H10BrNO2. The number of hydrogen-bond acceptors (Lipinski definition) is 3. The summed E-state index contributed by atoms with van der Waals surface area (Å²) in [5, 5.41) is 9.56. The molecule has 13 heavy (non-hydrogen) atoms. The van der Waals surface area contributed by atoms with Crippen LogP contribution >= 0.6 is 15.9 Å². The van der Waals surface area contributed by atoms with Gasteiger partial charge in [0.1, 0.15) is 5.75 Å². The van der Waals surface area contributed by atoms with Crippen LogP contribution in [0.1, 0.15) is 15.9 Å². The molecular weight excluding hydrogens is 234 g/mol. The Kier molecular flexibility index (Phi) is 3.06. The Morgan fingerprint density at radius 2 is 2.23 bits per heavy atom. The lowest BCUT2D eigenvalue weighted by atomic mass is 10.1. The van der Waals surface area contributed by atoms with Crippen molar-refractivity contribution in [2.24, 2.45) is 5.73 Å². The minimum Gasteiger partial charge on any atom is -0.506 e. The Morgan fingerprint density at radius 3 is 2.77 bits per heavy atom. The number of hydrogen-bond donors (Lipinski definition) is 2. The summed E-state index contributed by atoms with van der Waals surface area (Å²) in [5.41, 5.74) is 6.33. The highest BCUT2D eigenvalue weighted by atomic mass is 79.9. The van der Waals surface area contributed by atoms with Gasteiger partial charge in [-0.25, -0.2) is 0 Å². The average molecular weight is 244 g/mol. The molecule has 0 radical (unpaired) electrons. The maximum absolute atomic E-state index is 11.2. The highest BCUT2D eigenvalue weighted by Gasteiger charge is 2.12. The Hall–Kier alpha value is -0.870.